The van der Waals surface area contributed by atoms with Crippen molar-refractivity contribution >= 4 is 22.9 Å². The predicted molar refractivity (Wildman–Crippen MR) is 88.5 cm³/mol. The quantitative estimate of drug-likeness (QED) is 0.770. The predicted octanol–water partition coefficient (Wildman–Crippen LogP) is 3.70. The van der Waals surface area contributed by atoms with Gasteiger partial charge in [0.25, 0.3) is 5.91 Å². The highest BCUT2D eigenvalue weighted by Crippen LogP contribution is 2.18. The van der Waals surface area contributed by atoms with Gasteiger partial charge in [0, 0.05) is 17.8 Å². The molecule has 0 fully saturated rings. The molecule has 1 atom stereocenters. The summed E-state index contributed by atoms with van der Waals surface area (Å²) in [6.45, 7) is 5.62. The summed E-state index contributed by atoms with van der Waals surface area (Å²) in [6, 6.07) is 11.3. The molecule has 110 valence electrons. The molecule has 0 spiro atoms. The number of H-pyrrole nitrogens is 1. The molecule has 0 aliphatic heterocycles. The fraction of sp³-hybridized carbons (Fsp3) is 0.111. The molecule has 2 heterocycles. The Morgan fingerprint density at radius 2 is 2.18 bits per heavy atom. The van der Waals surface area contributed by atoms with Gasteiger partial charge in [0.15, 0.2) is 0 Å². The van der Waals surface area contributed by atoms with E-state index < -0.39 is 0 Å². The molecule has 3 rings (SSSR count). The highest BCUT2D eigenvalue weighted by atomic mass is 16.1. The van der Waals surface area contributed by atoms with Crippen molar-refractivity contribution in [2.45, 2.75) is 13.0 Å². The third kappa shape index (κ3) is 2.63. The number of hydrogen-bond donors (Lipinski definition) is 2. The van der Waals surface area contributed by atoms with Crippen molar-refractivity contribution in [2.75, 3.05) is 0 Å². The Morgan fingerprint density at radius 3 is 2.91 bits per heavy atom. The van der Waals surface area contributed by atoms with Crippen molar-refractivity contribution in [3.63, 3.8) is 0 Å². The Kier molecular flexibility index (Phi) is 3.74. The SMILES string of the molecule is C=Cc1ccc(C(C)NC(=O)c2cccc3cc[nH]c23)cn1. The number of carbonyl (C=O) groups excluding carboxylic acids is 1. The van der Waals surface area contributed by atoms with Crippen LogP contribution in [-0.4, -0.2) is 15.9 Å². The molecule has 4 nitrogen and oxygen atoms in total. The number of hydrogen-bond acceptors (Lipinski definition) is 2. The lowest BCUT2D eigenvalue weighted by molar-refractivity contribution is 0.0941. The number of fused-ring (bicyclic) bond motifs is 1. The van der Waals surface area contributed by atoms with Crippen molar-refractivity contribution in [3.8, 4) is 0 Å². The number of carbonyl (C=O) groups is 1. The highest BCUT2D eigenvalue weighted by Gasteiger charge is 2.14. The Morgan fingerprint density at radius 1 is 1.32 bits per heavy atom. The zero-order chi connectivity index (χ0) is 15.5. The molecule has 1 unspecified atom stereocenters. The van der Waals surface area contributed by atoms with E-state index in [2.05, 4.69) is 21.9 Å². The van der Waals surface area contributed by atoms with Crippen molar-refractivity contribution in [2.24, 2.45) is 0 Å². The van der Waals surface area contributed by atoms with Crippen LogP contribution < -0.4 is 5.32 Å². The average molecular weight is 291 g/mol. The molecule has 0 saturated carbocycles. The zero-order valence-electron chi connectivity index (χ0n) is 12.3. The smallest absolute Gasteiger partial charge is 0.253 e. The molecule has 0 saturated heterocycles. The lowest BCUT2D eigenvalue weighted by atomic mass is 10.1. The lowest BCUT2D eigenvalue weighted by Crippen LogP contribution is -2.27. The van der Waals surface area contributed by atoms with E-state index in [1.54, 1.807) is 12.3 Å². The van der Waals surface area contributed by atoms with E-state index in [4.69, 9.17) is 0 Å². The molecular formula is C18H17N3O. The number of rotatable bonds is 4. The summed E-state index contributed by atoms with van der Waals surface area (Å²) in [5.41, 5.74) is 3.27. The van der Waals surface area contributed by atoms with Crippen LogP contribution in [0.1, 0.15) is 34.6 Å². The second-order valence-electron chi connectivity index (χ2n) is 5.16. The summed E-state index contributed by atoms with van der Waals surface area (Å²) in [5, 5.41) is 4.03. The molecule has 3 aromatic rings. The maximum atomic E-state index is 12.5. The van der Waals surface area contributed by atoms with Crippen LogP contribution in [0, 0.1) is 0 Å². The number of nitrogens with one attached hydrogen (secondary N) is 2. The minimum atomic E-state index is -0.121. The first-order valence-electron chi connectivity index (χ1n) is 7.14. The van der Waals surface area contributed by atoms with E-state index in [0.717, 1.165) is 22.2 Å². The maximum Gasteiger partial charge on any atom is 0.253 e. The number of aromatic amines is 1. The minimum absolute atomic E-state index is 0.103. The third-order valence-electron chi connectivity index (χ3n) is 3.70. The van der Waals surface area contributed by atoms with Gasteiger partial charge in [-0.15, -0.1) is 0 Å². The van der Waals surface area contributed by atoms with Crippen molar-refractivity contribution in [1.29, 1.82) is 0 Å². The molecule has 0 aliphatic rings. The Hall–Kier alpha value is -2.88. The van der Waals surface area contributed by atoms with Crippen molar-refractivity contribution in [1.82, 2.24) is 15.3 Å². The average Bonchev–Trinajstić information content (AvgIpc) is 3.03. The van der Waals surface area contributed by atoms with E-state index in [-0.39, 0.29) is 11.9 Å². The van der Waals surface area contributed by atoms with Gasteiger partial charge in [-0.1, -0.05) is 24.8 Å². The second-order valence-corrected chi connectivity index (χ2v) is 5.16. The van der Waals surface area contributed by atoms with E-state index in [9.17, 15) is 4.79 Å². The zero-order valence-corrected chi connectivity index (χ0v) is 12.3. The van der Waals surface area contributed by atoms with E-state index in [1.807, 2.05) is 49.5 Å². The first-order chi connectivity index (χ1) is 10.7. The number of para-hydroxylation sites is 1. The van der Waals surface area contributed by atoms with Crippen LogP contribution in [-0.2, 0) is 0 Å². The number of pyridine rings is 1. The molecule has 0 aliphatic carbocycles. The fourth-order valence-electron chi connectivity index (χ4n) is 2.43. The summed E-state index contributed by atoms with van der Waals surface area (Å²) >= 11 is 0. The van der Waals surface area contributed by atoms with Gasteiger partial charge in [0.1, 0.15) is 0 Å². The number of benzene rings is 1. The first kappa shape index (κ1) is 14.1. The number of amides is 1. The van der Waals surface area contributed by atoms with E-state index in [0.29, 0.717) is 5.56 Å². The standard InChI is InChI=1S/C18H17N3O/c1-3-15-8-7-14(11-20-15)12(2)21-18(22)16-6-4-5-13-9-10-19-17(13)16/h3-12,19H,1H2,2H3,(H,21,22). The van der Waals surface area contributed by atoms with Gasteiger partial charge < -0.3 is 10.3 Å². The largest absolute Gasteiger partial charge is 0.361 e. The van der Waals surface area contributed by atoms with Crippen LogP contribution in [0.25, 0.3) is 17.0 Å². The summed E-state index contributed by atoms with van der Waals surface area (Å²) in [7, 11) is 0. The van der Waals surface area contributed by atoms with Gasteiger partial charge in [-0.05, 0) is 36.8 Å². The molecule has 0 bridgehead atoms. The first-order valence-corrected chi connectivity index (χ1v) is 7.14. The molecule has 2 N–H and O–H groups in total. The normalized spacial score (nSPS) is 12.0. The molecule has 2 aromatic heterocycles. The van der Waals surface area contributed by atoms with Gasteiger partial charge in [-0.2, -0.15) is 0 Å². The van der Waals surface area contributed by atoms with Gasteiger partial charge in [0.2, 0.25) is 0 Å². The highest BCUT2D eigenvalue weighted by molar-refractivity contribution is 6.05. The Bertz CT molecular complexity index is 818. The fourth-order valence-corrected chi connectivity index (χ4v) is 2.43. The van der Waals surface area contributed by atoms with Gasteiger partial charge in [-0.25, -0.2) is 0 Å². The summed E-state index contributed by atoms with van der Waals surface area (Å²) < 4.78 is 0. The third-order valence-corrected chi connectivity index (χ3v) is 3.70. The van der Waals surface area contributed by atoms with Crippen LogP contribution in [0.2, 0.25) is 0 Å². The van der Waals surface area contributed by atoms with Crippen LogP contribution in [0.15, 0.2) is 55.4 Å². The summed E-state index contributed by atoms with van der Waals surface area (Å²) in [4.78, 5) is 19.9. The Balaban J connectivity index is 1.81. The molecule has 0 radical (unpaired) electrons. The van der Waals surface area contributed by atoms with Crippen LogP contribution in [0.3, 0.4) is 0 Å². The topological polar surface area (TPSA) is 57.8 Å². The van der Waals surface area contributed by atoms with E-state index in [1.165, 1.54) is 0 Å². The Labute approximate surface area is 128 Å². The minimum Gasteiger partial charge on any atom is -0.361 e. The monoisotopic (exact) mass is 291 g/mol. The molecule has 1 aromatic carbocycles. The molecular weight excluding hydrogens is 274 g/mol. The van der Waals surface area contributed by atoms with Crippen molar-refractivity contribution < 1.29 is 4.79 Å². The number of nitrogens with zero attached hydrogens (tertiary/aromatic N) is 1. The molecule has 1 amide bonds. The summed E-state index contributed by atoms with van der Waals surface area (Å²) in [6.07, 6.45) is 5.29. The lowest BCUT2D eigenvalue weighted by Gasteiger charge is -2.14. The van der Waals surface area contributed by atoms with E-state index >= 15 is 0 Å². The second kappa shape index (κ2) is 5.85. The van der Waals surface area contributed by atoms with Gasteiger partial charge in [-0.3, -0.25) is 9.78 Å². The molecule has 4 heteroatoms. The number of aromatic nitrogens is 2. The van der Waals surface area contributed by atoms with Gasteiger partial charge >= 0.3 is 0 Å². The maximum absolute atomic E-state index is 12.5. The van der Waals surface area contributed by atoms with Crippen LogP contribution in [0.4, 0.5) is 0 Å². The summed E-state index contributed by atoms with van der Waals surface area (Å²) in [5.74, 6) is -0.103. The van der Waals surface area contributed by atoms with Gasteiger partial charge in [0.05, 0.1) is 22.8 Å². The molecule has 22 heavy (non-hydrogen) atoms. The van der Waals surface area contributed by atoms with Crippen molar-refractivity contribution in [3.05, 3.63) is 72.2 Å². The van der Waals surface area contributed by atoms with Crippen LogP contribution in [0.5, 0.6) is 0 Å². The van der Waals surface area contributed by atoms with Crippen LogP contribution >= 0.6 is 0 Å².